The molecule has 1 aromatic carbocycles. The van der Waals surface area contributed by atoms with Gasteiger partial charge in [0.25, 0.3) is 0 Å². The molecule has 24 heavy (non-hydrogen) atoms. The van der Waals surface area contributed by atoms with Gasteiger partial charge in [0, 0.05) is 11.8 Å². The maximum Gasteiger partial charge on any atom is 0.169 e. The summed E-state index contributed by atoms with van der Waals surface area (Å²) in [4.78, 5) is 4.05. The number of hydrogen-bond acceptors (Lipinski definition) is 3. The lowest BCUT2D eigenvalue weighted by atomic mass is 10.0. The molecule has 0 bridgehead atoms. The molecular weight excluding hydrogens is 354 g/mol. The van der Waals surface area contributed by atoms with Gasteiger partial charge in [0.1, 0.15) is 17.7 Å². The second-order valence-corrected chi connectivity index (χ2v) is 6.25. The third-order valence-electron chi connectivity index (χ3n) is 3.97. The minimum atomic E-state index is -0.809. The maximum absolute atomic E-state index is 14.3. The highest BCUT2D eigenvalue weighted by molar-refractivity contribution is 7.80. The Morgan fingerprint density at radius 2 is 2.12 bits per heavy atom. The highest BCUT2D eigenvalue weighted by Gasteiger charge is 2.44. The number of aromatic nitrogens is 1. The number of rotatable bonds is 3. The Bertz CT molecular complexity index is 881. The number of nitriles is 1. The minimum absolute atomic E-state index is 0.0210. The molecule has 2 aromatic rings. The fraction of sp³-hybridized carbons (Fsp3) is 0.188. The third-order valence-corrected chi connectivity index (χ3v) is 4.47. The van der Waals surface area contributed by atoms with Gasteiger partial charge in [0.2, 0.25) is 0 Å². The van der Waals surface area contributed by atoms with Crippen molar-refractivity contribution in [1.29, 1.82) is 5.26 Å². The zero-order valence-electron chi connectivity index (χ0n) is 12.2. The van der Waals surface area contributed by atoms with Gasteiger partial charge in [-0.05, 0) is 54.2 Å². The van der Waals surface area contributed by atoms with E-state index in [2.05, 4.69) is 10.3 Å². The Hall–Kier alpha value is -2.30. The number of pyridine rings is 1. The van der Waals surface area contributed by atoms with E-state index < -0.39 is 11.6 Å². The highest BCUT2D eigenvalue weighted by Crippen LogP contribution is 2.57. The number of nitrogens with two attached hydrogens (primary N) is 1. The molecule has 3 N–H and O–H groups in total. The second-order valence-electron chi connectivity index (χ2n) is 5.44. The topological polar surface area (TPSA) is 74.7 Å². The van der Waals surface area contributed by atoms with Crippen LogP contribution in [0.3, 0.4) is 0 Å². The zero-order valence-corrected chi connectivity index (χ0v) is 13.8. The Morgan fingerprint density at radius 1 is 1.38 bits per heavy atom. The predicted octanol–water partition coefficient (Wildman–Crippen LogP) is 3.81. The molecule has 0 radical (unpaired) electrons. The summed E-state index contributed by atoms with van der Waals surface area (Å²) < 4.78 is 28.4. The van der Waals surface area contributed by atoms with Crippen molar-refractivity contribution in [2.24, 2.45) is 5.73 Å². The average molecular weight is 365 g/mol. The van der Waals surface area contributed by atoms with Crippen LogP contribution in [0.4, 0.5) is 14.6 Å². The quantitative estimate of drug-likeness (QED) is 0.810. The van der Waals surface area contributed by atoms with Crippen molar-refractivity contribution in [1.82, 2.24) is 4.98 Å². The van der Waals surface area contributed by atoms with E-state index in [4.69, 9.17) is 34.8 Å². The summed E-state index contributed by atoms with van der Waals surface area (Å²) in [6, 6.07) is 5.67. The largest absolute Gasteiger partial charge is 0.376 e. The number of benzene rings is 1. The standard InChI is InChI=1S/C16H11ClF2N4S/c17-13-8(3-4-22-15(13)23-16(21)24)9-5-10(9)12-11(18)2-1-7(6-20)14(12)19/h1-4,9-10H,5H2,(H3,21,22,23,24). The van der Waals surface area contributed by atoms with Crippen LogP contribution in [0.25, 0.3) is 0 Å². The second kappa shape index (κ2) is 6.30. The lowest BCUT2D eigenvalue weighted by molar-refractivity contribution is 0.553. The first-order chi connectivity index (χ1) is 11.4. The van der Waals surface area contributed by atoms with E-state index in [1.165, 1.54) is 6.20 Å². The molecule has 2 unspecified atom stereocenters. The van der Waals surface area contributed by atoms with E-state index in [1.807, 2.05) is 0 Å². The Balaban J connectivity index is 1.95. The fourth-order valence-electron chi connectivity index (χ4n) is 2.80. The van der Waals surface area contributed by atoms with Crippen LogP contribution in [0.15, 0.2) is 24.4 Å². The van der Waals surface area contributed by atoms with E-state index in [0.29, 0.717) is 22.8 Å². The number of nitrogens with zero attached hydrogens (tertiary/aromatic N) is 2. The van der Waals surface area contributed by atoms with Gasteiger partial charge >= 0.3 is 0 Å². The molecule has 1 fully saturated rings. The van der Waals surface area contributed by atoms with Crippen molar-refractivity contribution in [3.05, 3.63) is 57.7 Å². The SMILES string of the molecule is N#Cc1ccc(F)c(C2CC2c2ccnc(NC(N)=S)c2Cl)c1F. The first-order valence-electron chi connectivity index (χ1n) is 7.03. The van der Waals surface area contributed by atoms with Crippen molar-refractivity contribution in [2.45, 2.75) is 18.3 Å². The van der Waals surface area contributed by atoms with Crippen LogP contribution < -0.4 is 11.1 Å². The molecule has 1 heterocycles. The molecule has 4 nitrogen and oxygen atoms in total. The summed E-state index contributed by atoms with van der Waals surface area (Å²) in [5.74, 6) is -1.71. The molecule has 0 saturated heterocycles. The molecule has 1 aliphatic rings. The monoisotopic (exact) mass is 364 g/mol. The van der Waals surface area contributed by atoms with Gasteiger partial charge in [-0.25, -0.2) is 13.8 Å². The van der Waals surface area contributed by atoms with Crippen LogP contribution in [-0.4, -0.2) is 10.1 Å². The van der Waals surface area contributed by atoms with E-state index in [0.717, 1.165) is 12.1 Å². The summed E-state index contributed by atoms with van der Waals surface area (Å²) in [5, 5.41) is 11.9. The summed E-state index contributed by atoms with van der Waals surface area (Å²) in [5.41, 5.74) is 5.88. The number of thiocarbonyl (C=S) groups is 1. The summed E-state index contributed by atoms with van der Waals surface area (Å²) >= 11 is 11.1. The Labute approximate surface area is 147 Å². The summed E-state index contributed by atoms with van der Waals surface area (Å²) in [6.45, 7) is 0. The van der Waals surface area contributed by atoms with Crippen LogP contribution in [0.2, 0.25) is 5.02 Å². The molecule has 1 aromatic heterocycles. The van der Waals surface area contributed by atoms with E-state index >= 15 is 0 Å². The Kier molecular flexibility index (Phi) is 4.35. The van der Waals surface area contributed by atoms with Crippen molar-refractivity contribution in [3.63, 3.8) is 0 Å². The summed E-state index contributed by atoms with van der Waals surface area (Å²) in [6.07, 6.45) is 2.05. The van der Waals surface area contributed by atoms with Gasteiger partial charge in [-0.15, -0.1) is 0 Å². The minimum Gasteiger partial charge on any atom is -0.376 e. The average Bonchev–Trinajstić information content (AvgIpc) is 3.29. The van der Waals surface area contributed by atoms with Crippen LogP contribution >= 0.6 is 23.8 Å². The van der Waals surface area contributed by atoms with Gasteiger partial charge in [-0.2, -0.15) is 5.26 Å². The van der Waals surface area contributed by atoms with Crippen molar-refractivity contribution >= 4 is 34.7 Å². The molecule has 8 heteroatoms. The third kappa shape index (κ3) is 2.90. The molecule has 0 aliphatic heterocycles. The van der Waals surface area contributed by atoms with Crippen molar-refractivity contribution in [3.8, 4) is 6.07 Å². The van der Waals surface area contributed by atoms with Gasteiger partial charge in [-0.3, -0.25) is 0 Å². The smallest absolute Gasteiger partial charge is 0.169 e. The molecule has 0 amide bonds. The first kappa shape index (κ1) is 16.6. The Morgan fingerprint density at radius 3 is 2.79 bits per heavy atom. The van der Waals surface area contributed by atoms with Gasteiger partial charge < -0.3 is 11.1 Å². The van der Waals surface area contributed by atoms with Crippen LogP contribution in [-0.2, 0) is 0 Å². The van der Waals surface area contributed by atoms with Gasteiger partial charge in [-0.1, -0.05) is 11.6 Å². The van der Waals surface area contributed by atoms with E-state index in [9.17, 15) is 8.78 Å². The molecule has 1 saturated carbocycles. The first-order valence-corrected chi connectivity index (χ1v) is 7.81. The van der Waals surface area contributed by atoms with Gasteiger partial charge in [0.15, 0.2) is 10.9 Å². The van der Waals surface area contributed by atoms with Crippen LogP contribution in [0, 0.1) is 23.0 Å². The number of nitrogens with one attached hydrogen (secondary N) is 1. The fourth-order valence-corrected chi connectivity index (χ4v) is 3.20. The van der Waals surface area contributed by atoms with E-state index in [-0.39, 0.29) is 28.1 Å². The number of halogens is 3. The van der Waals surface area contributed by atoms with E-state index in [1.54, 1.807) is 12.1 Å². The molecule has 2 atom stereocenters. The molecular formula is C16H11ClF2N4S. The highest BCUT2D eigenvalue weighted by atomic mass is 35.5. The lowest BCUT2D eigenvalue weighted by Gasteiger charge is -2.10. The predicted molar refractivity (Wildman–Crippen MR) is 90.8 cm³/mol. The van der Waals surface area contributed by atoms with Crippen molar-refractivity contribution < 1.29 is 8.78 Å². The van der Waals surface area contributed by atoms with Crippen LogP contribution in [0.1, 0.15) is 34.9 Å². The van der Waals surface area contributed by atoms with Crippen molar-refractivity contribution in [2.75, 3.05) is 5.32 Å². The summed E-state index contributed by atoms with van der Waals surface area (Å²) in [7, 11) is 0. The molecule has 0 spiro atoms. The van der Waals surface area contributed by atoms with Crippen LogP contribution in [0.5, 0.6) is 0 Å². The lowest BCUT2D eigenvalue weighted by Crippen LogP contribution is -2.20. The zero-order chi connectivity index (χ0) is 17.4. The maximum atomic E-state index is 14.3. The number of hydrogen-bond donors (Lipinski definition) is 2. The molecule has 1 aliphatic carbocycles. The molecule has 122 valence electrons. The van der Waals surface area contributed by atoms with Gasteiger partial charge in [0.05, 0.1) is 10.6 Å². The number of anilines is 1. The molecule has 3 rings (SSSR count). The normalized spacial score (nSPS) is 18.8.